The minimum absolute atomic E-state index is 0.454. The summed E-state index contributed by atoms with van der Waals surface area (Å²) in [7, 11) is -3.57. The third-order valence-corrected chi connectivity index (χ3v) is 15.6. The number of phosphoric ester groups is 1. The van der Waals surface area contributed by atoms with Crippen LogP contribution in [0.25, 0.3) is 0 Å². The summed E-state index contributed by atoms with van der Waals surface area (Å²) in [6, 6.07) is 0. The molecule has 4 nitrogen and oxygen atoms in total. The molecule has 0 bridgehead atoms. The molecular formula is C24H54O4P2. The van der Waals surface area contributed by atoms with Gasteiger partial charge in [0.05, 0.1) is 0 Å². The van der Waals surface area contributed by atoms with Crippen molar-refractivity contribution in [2.45, 2.75) is 119 Å². The van der Waals surface area contributed by atoms with E-state index in [1.54, 1.807) is 0 Å². The van der Waals surface area contributed by atoms with Gasteiger partial charge in [-0.15, -0.1) is 0 Å². The molecule has 0 saturated carbocycles. The van der Waals surface area contributed by atoms with Gasteiger partial charge < -0.3 is 0 Å². The molecule has 0 radical (unpaired) electrons. The van der Waals surface area contributed by atoms with Crippen LogP contribution in [0, 0.1) is 0 Å². The second kappa shape index (κ2) is 17.1. The first-order chi connectivity index (χ1) is 14.4. The van der Waals surface area contributed by atoms with Crippen molar-refractivity contribution in [2.75, 3.05) is 37.9 Å². The minimum atomic E-state index is -3.57. The summed E-state index contributed by atoms with van der Waals surface area (Å²) >= 11 is 0. The molecule has 0 aliphatic rings. The van der Waals surface area contributed by atoms with Crippen LogP contribution in [0.2, 0.25) is 0 Å². The Bertz CT molecular complexity index is 399. The third kappa shape index (κ3) is 11.4. The molecule has 0 saturated heterocycles. The van der Waals surface area contributed by atoms with Crippen molar-refractivity contribution in [3.63, 3.8) is 0 Å². The standard InChI is InChI=1S/C24H54O4P2/c1-7-13-19-26-29(25,27-20-14-8-2)28-30(21-15-9-3,22-16-10-4,23-17-11-5)24-18-12-6/h7-24H2,1-6H3. The van der Waals surface area contributed by atoms with E-state index in [9.17, 15) is 4.57 Å². The van der Waals surface area contributed by atoms with E-state index in [-0.39, 0.29) is 0 Å². The fourth-order valence-electron chi connectivity index (χ4n) is 4.08. The maximum absolute atomic E-state index is 14.0. The number of unbranched alkanes of at least 4 members (excludes halogenated alkanes) is 6. The molecule has 0 unspecified atom stereocenters. The summed E-state index contributed by atoms with van der Waals surface area (Å²) in [5.74, 6) is 0. The quantitative estimate of drug-likeness (QED) is 0.117. The topological polar surface area (TPSA) is 44.8 Å². The fourth-order valence-corrected chi connectivity index (χ4v) is 14.6. The SMILES string of the molecule is CCCCOP(=O)(OCCCC)OP(CCCC)(CCCC)(CCCC)CCCC. The van der Waals surface area contributed by atoms with Crippen molar-refractivity contribution >= 4 is 14.7 Å². The van der Waals surface area contributed by atoms with E-state index in [4.69, 9.17) is 13.4 Å². The predicted molar refractivity (Wildman–Crippen MR) is 136 cm³/mol. The van der Waals surface area contributed by atoms with E-state index >= 15 is 0 Å². The van der Waals surface area contributed by atoms with Crippen LogP contribution >= 0.6 is 14.7 Å². The van der Waals surface area contributed by atoms with E-state index in [1.165, 1.54) is 0 Å². The zero-order valence-electron chi connectivity index (χ0n) is 21.3. The van der Waals surface area contributed by atoms with Crippen LogP contribution in [0.15, 0.2) is 0 Å². The van der Waals surface area contributed by atoms with Crippen molar-refractivity contribution in [3.8, 4) is 0 Å². The Morgan fingerprint density at radius 2 is 0.833 bits per heavy atom. The van der Waals surface area contributed by atoms with Gasteiger partial charge in [-0.05, 0) is 0 Å². The molecule has 0 aromatic heterocycles. The molecule has 0 amide bonds. The van der Waals surface area contributed by atoms with Crippen LogP contribution in [0.1, 0.15) is 119 Å². The summed E-state index contributed by atoms with van der Waals surface area (Å²) < 4.78 is 32.9. The van der Waals surface area contributed by atoms with E-state index in [2.05, 4.69) is 41.5 Å². The molecule has 0 aromatic rings. The monoisotopic (exact) mass is 468 g/mol. The van der Waals surface area contributed by atoms with Crippen molar-refractivity contribution in [3.05, 3.63) is 0 Å². The second-order valence-corrected chi connectivity index (χ2v) is 16.6. The Morgan fingerprint density at radius 1 is 0.533 bits per heavy atom. The van der Waals surface area contributed by atoms with Crippen molar-refractivity contribution in [1.82, 2.24) is 0 Å². The van der Waals surface area contributed by atoms with Crippen LogP contribution in [0.3, 0.4) is 0 Å². The molecule has 0 rings (SSSR count). The van der Waals surface area contributed by atoms with Crippen LogP contribution in [-0.4, -0.2) is 37.9 Å². The van der Waals surface area contributed by atoms with Crippen LogP contribution in [0.4, 0.5) is 0 Å². The van der Waals surface area contributed by atoms with Crippen molar-refractivity contribution in [2.24, 2.45) is 0 Å². The zero-order chi connectivity index (χ0) is 22.8. The number of rotatable bonds is 22. The summed E-state index contributed by atoms with van der Waals surface area (Å²) in [4.78, 5) is 0. The first-order valence-electron chi connectivity index (χ1n) is 13.0. The van der Waals surface area contributed by atoms with E-state index in [1.807, 2.05) is 0 Å². The molecular weight excluding hydrogens is 414 g/mol. The van der Waals surface area contributed by atoms with Gasteiger partial charge in [0, 0.05) is 0 Å². The molecule has 0 aromatic carbocycles. The average molecular weight is 469 g/mol. The van der Waals surface area contributed by atoms with E-state index < -0.39 is 14.7 Å². The van der Waals surface area contributed by atoms with Gasteiger partial charge in [-0.1, -0.05) is 0 Å². The van der Waals surface area contributed by atoms with Gasteiger partial charge in [-0.2, -0.15) is 0 Å². The summed E-state index contributed by atoms with van der Waals surface area (Å²) in [5, 5.41) is 0. The number of hydrogen-bond donors (Lipinski definition) is 0. The van der Waals surface area contributed by atoms with Crippen molar-refractivity contribution in [1.29, 1.82) is 0 Å². The van der Waals surface area contributed by atoms with Crippen molar-refractivity contribution < 1.29 is 17.9 Å². The summed E-state index contributed by atoms with van der Waals surface area (Å²) in [6.45, 7) is 11.5. The van der Waals surface area contributed by atoms with E-state index in [0.717, 1.165) is 102 Å². The Hall–Kier alpha value is 0.540. The predicted octanol–water partition coefficient (Wildman–Crippen LogP) is 9.41. The Kier molecular flexibility index (Phi) is 17.4. The third-order valence-electron chi connectivity index (χ3n) is 6.13. The van der Waals surface area contributed by atoms with Crippen LogP contribution < -0.4 is 0 Å². The molecule has 0 N–H and O–H groups in total. The molecule has 0 aliphatic heterocycles. The van der Waals surface area contributed by atoms with Gasteiger partial charge in [0.15, 0.2) is 0 Å². The number of phosphoric acid groups is 1. The molecule has 0 atom stereocenters. The maximum atomic E-state index is 14.0. The van der Waals surface area contributed by atoms with Gasteiger partial charge >= 0.3 is 189 Å². The second-order valence-electron chi connectivity index (χ2n) is 9.07. The van der Waals surface area contributed by atoms with Gasteiger partial charge in [0.25, 0.3) is 0 Å². The molecule has 0 spiro atoms. The van der Waals surface area contributed by atoms with Gasteiger partial charge in [0.2, 0.25) is 0 Å². The zero-order valence-corrected chi connectivity index (χ0v) is 23.0. The number of hydrogen-bond acceptors (Lipinski definition) is 4. The summed E-state index contributed by atoms with van der Waals surface area (Å²) in [6.07, 6.45) is 17.2. The Morgan fingerprint density at radius 3 is 1.10 bits per heavy atom. The van der Waals surface area contributed by atoms with Gasteiger partial charge in [0.1, 0.15) is 0 Å². The van der Waals surface area contributed by atoms with Crippen LogP contribution in [-0.2, 0) is 17.9 Å². The average Bonchev–Trinajstić information content (AvgIpc) is 2.74. The Labute approximate surface area is 189 Å². The molecule has 0 fully saturated rings. The fraction of sp³-hybridized carbons (Fsp3) is 1.00. The van der Waals surface area contributed by atoms with E-state index in [0.29, 0.717) is 13.2 Å². The molecule has 6 heteroatoms. The first-order valence-corrected chi connectivity index (χ1v) is 17.4. The Balaban J connectivity index is 6.11. The van der Waals surface area contributed by atoms with Crippen LogP contribution in [0.5, 0.6) is 0 Å². The first kappa shape index (κ1) is 30.5. The molecule has 0 aliphatic carbocycles. The molecule has 30 heavy (non-hydrogen) atoms. The molecule has 184 valence electrons. The molecule has 0 heterocycles. The normalized spacial score (nSPS) is 14.0. The van der Waals surface area contributed by atoms with Gasteiger partial charge in [-0.25, -0.2) is 0 Å². The van der Waals surface area contributed by atoms with Gasteiger partial charge in [-0.3, -0.25) is 0 Å². The summed E-state index contributed by atoms with van der Waals surface area (Å²) in [5.41, 5.74) is 0.